The summed E-state index contributed by atoms with van der Waals surface area (Å²) in [6.07, 6.45) is 7.01. The van der Waals surface area contributed by atoms with Crippen molar-refractivity contribution in [3.8, 4) is 5.75 Å². The molecule has 0 radical (unpaired) electrons. The number of amides is 3. The van der Waals surface area contributed by atoms with E-state index in [1.807, 2.05) is 77.8 Å². The molecule has 2 aromatic heterocycles. The summed E-state index contributed by atoms with van der Waals surface area (Å²) >= 11 is 1.31. The Morgan fingerprint density at radius 2 is 1.69 bits per heavy atom. The van der Waals surface area contributed by atoms with Crippen molar-refractivity contribution in [3.05, 3.63) is 131 Å². The molecular formula is C44H46N5O7PS. The van der Waals surface area contributed by atoms with Crippen LogP contribution in [0.2, 0.25) is 0 Å². The number of rotatable bonds is 13. The highest BCUT2D eigenvalue weighted by Crippen LogP contribution is 2.47. The molecule has 0 spiro atoms. The van der Waals surface area contributed by atoms with E-state index in [9.17, 15) is 23.7 Å². The number of esters is 1. The van der Waals surface area contributed by atoms with Crippen LogP contribution in [0.25, 0.3) is 10.1 Å². The van der Waals surface area contributed by atoms with Crippen molar-refractivity contribution in [2.75, 3.05) is 13.1 Å². The van der Waals surface area contributed by atoms with Crippen LogP contribution in [0.1, 0.15) is 71.3 Å². The maximum atomic E-state index is 14.5. The van der Waals surface area contributed by atoms with Crippen molar-refractivity contribution in [2.45, 2.75) is 81.9 Å². The molecule has 3 fully saturated rings. The zero-order chi connectivity index (χ0) is 40.2. The van der Waals surface area contributed by atoms with Crippen molar-refractivity contribution in [1.82, 2.24) is 25.2 Å². The number of nitrogens with zero attached hydrogens (tertiary/aromatic N) is 3. The Kier molecular flexibility index (Phi) is 11.7. The number of aromatic nitrogens is 1. The number of carbonyl (C=O) groups excluding carboxylic acids is 4. The number of fused-ring (bicyclic) bond motifs is 2. The Labute approximate surface area is 341 Å². The molecule has 2 N–H and O–H groups in total. The smallest absolute Gasteiger partial charge is 0.323 e. The molecule has 3 saturated heterocycles. The highest BCUT2D eigenvalue weighted by atomic mass is 32.1. The molecule has 5 heterocycles. The fraction of sp³-hybridized carbons (Fsp3) is 0.341. The molecular weight excluding hydrogens is 774 g/mol. The van der Waals surface area contributed by atoms with Gasteiger partial charge in [0.1, 0.15) is 30.5 Å². The Bertz CT molecular complexity index is 2320. The standard InChI is InChI=1S/C44H46N5O7PS/c1-29(44(53)55-27-30-10-4-2-5-11-30)47-57(54,56-36-14-6-3-7-15-36)28-31-17-20-39-33(22-31)23-40(58-39)41(50)46-37-16-8-13-35-18-19-38(49(35)42(37)51)43(52)48-25-34(26-48)32-12-9-21-45-24-32/h2-7,9-12,14-15,17,20-24,29,34-35,37-38H,8,13,16,18-19,25-28H2,1H3,(H,46,50)(H,47,54)/t29-,35-,37-,38-,57?/m0/s1. The average molecular weight is 820 g/mol. The van der Waals surface area contributed by atoms with Crippen LogP contribution in [0.3, 0.4) is 0 Å². The first-order chi connectivity index (χ1) is 28.1. The van der Waals surface area contributed by atoms with Gasteiger partial charge in [-0.15, -0.1) is 11.3 Å². The van der Waals surface area contributed by atoms with Gasteiger partial charge in [-0.3, -0.25) is 28.7 Å². The van der Waals surface area contributed by atoms with E-state index in [0.29, 0.717) is 42.1 Å². The first-order valence-electron chi connectivity index (χ1n) is 19.8. The molecule has 14 heteroatoms. The number of carbonyl (C=O) groups is 4. The predicted molar refractivity (Wildman–Crippen MR) is 221 cm³/mol. The van der Waals surface area contributed by atoms with Crippen molar-refractivity contribution in [1.29, 1.82) is 0 Å². The average Bonchev–Trinajstić information content (AvgIpc) is 3.80. The highest BCUT2D eigenvalue weighted by Gasteiger charge is 2.47. The molecule has 58 heavy (non-hydrogen) atoms. The third-order valence-corrected chi connectivity index (χ3v) is 14.4. The van der Waals surface area contributed by atoms with E-state index in [1.165, 1.54) is 11.3 Å². The fourth-order valence-corrected chi connectivity index (χ4v) is 11.2. The molecule has 12 nitrogen and oxygen atoms in total. The van der Waals surface area contributed by atoms with Crippen LogP contribution in [0.5, 0.6) is 5.75 Å². The van der Waals surface area contributed by atoms with Gasteiger partial charge in [-0.05, 0) is 97.5 Å². The van der Waals surface area contributed by atoms with Crippen LogP contribution in [0, 0.1) is 0 Å². The number of ether oxygens (including phenoxy) is 1. The van der Waals surface area contributed by atoms with E-state index in [4.69, 9.17) is 9.26 Å². The van der Waals surface area contributed by atoms with Gasteiger partial charge in [0, 0.05) is 42.1 Å². The number of pyridine rings is 1. The Balaban J connectivity index is 0.927. The Hall–Kier alpha value is -5.36. The van der Waals surface area contributed by atoms with Gasteiger partial charge in [-0.2, -0.15) is 0 Å². The van der Waals surface area contributed by atoms with Gasteiger partial charge in [0.05, 0.1) is 11.0 Å². The molecule has 0 bridgehead atoms. The summed E-state index contributed by atoms with van der Waals surface area (Å²) in [7, 11) is -3.74. The van der Waals surface area contributed by atoms with Crippen LogP contribution in [-0.2, 0) is 36.5 Å². The minimum Gasteiger partial charge on any atom is -0.460 e. The summed E-state index contributed by atoms with van der Waals surface area (Å²) < 4.78 is 26.9. The van der Waals surface area contributed by atoms with Crippen LogP contribution in [0.15, 0.2) is 109 Å². The van der Waals surface area contributed by atoms with E-state index in [-0.39, 0.29) is 42.5 Å². The van der Waals surface area contributed by atoms with Gasteiger partial charge < -0.3 is 24.4 Å². The fourth-order valence-electron chi connectivity index (χ4n) is 8.16. The monoisotopic (exact) mass is 819 g/mol. The first kappa shape index (κ1) is 39.5. The van der Waals surface area contributed by atoms with Gasteiger partial charge in [-0.1, -0.05) is 60.7 Å². The van der Waals surface area contributed by atoms with Crippen LogP contribution in [-0.4, -0.2) is 75.7 Å². The van der Waals surface area contributed by atoms with Crippen molar-refractivity contribution >= 4 is 52.6 Å². The molecule has 3 amide bonds. The van der Waals surface area contributed by atoms with Gasteiger partial charge in [0.15, 0.2) is 0 Å². The van der Waals surface area contributed by atoms with E-state index in [0.717, 1.165) is 40.5 Å². The van der Waals surface area contributed by atoms with Crippen molar-refractivity contribution in [2.24, 2.45) is 0 Å². The Morgan fingerprint density at radius 1 is 0.914 bits per heavy atom. The van der Waals surface area contributed by atoms with Crippen LogP contribution < -0.4 is 14.9 Å². The van der Waals surface area contributed by atoms with E-state index >= 15 is 0 Å². The third-order valence-electron chi connectivity index (χ3n) is 11.2. The van der Waals surface area contributed by atoms with E-state index in [1.54, 1.807) is 48.4 Å². The normalized spacial score (nSPS) is 21.0. The quantitative estimate of drug-likeness (QED) is 0.0942. The number of hydrogen-bond acceptors (Lipinski definition) is 9. The minimum absolute atomic E-state index is 0.0132. The molecule has 8 rings (SSSR count). The molecule has 300 valence electrons. The largest absolute Gasteiger partial charge is 0.460 e. The van der Waals surface area contributed by atoms with Crippen LogP contribution in [0.4, 0.5) is 0 Å². The lowest BCUT2D eigenvalue weighted by Crippen LogP contribution is -2.58. The van der Waals surface area contributed by atoms with Gasteiger partial charge >= 0.3 is 13.5 Å². The van der Waals surface area contributed by atoms with Gasteiger partial charge in [-0.25, -0.2) is 5.09 Å². The number of benzene rings is 3. The number of likely N-dealkylation sites (tertiary alicyclic amines) is 1. The summed E-state index contributed by atoms with van der Waals surface area (Å²) in [5.74, 6) is -0.504. The molecule has 3 aromatic carbocycles. The SMILES string of the molecule is C[C@H](NP(=O)(Cc1ccc2sc(C(=O)N[C@H]3CCC[C@H]4CC[C@@H](C(=O)N5CC(c6cccnc6)C5)N4C3=O)cc2c1)Oc1ccccc1)C(=O)OCc1ccccc1. The minimum atomic E-state index is -3.74. The zero-order valence-corrected chi connectivity index (χ0v) is 33.9. The summed E-state index contributed by atoms with van der Waals surface area (Å²) in [6.45, 7) is 2.90. The molecule has 0 saturated carbocycles. The maximum Gasteiger partial charge on any atom is 0.323 e. The van der Waals surface area contributed by atoms with Crippen molar-refractivity contribution < 1.29 is 33.0 Å². The van der Waals surface area contributed by atoms with Gasteiger partial charge in [0.2, 0.25) is 11.8 Å². The van der Waals surface area contributed by atoms with Gasteiger partial charge in [0.25, 0.3) is 5.91 Å². The number of thiophene rings is 1. The molecule has 1 unspecified atom stereocenters. The lowest BCUT2D eigenvalue weighted by Gasteiger charge is -2.42. The zero-order valence-electron chi connectivity index (χ0n) is 32.2. The van der Waals surface area contributed by atoms with Crippen LogP contribution >= 0.6 is 18.9 Å². The maximum absolute atomic E-state index is 14.5. The summed E-state index contributed by atoms with van der Waals surface area (Å²) in [4.78, 5) is 62.8. The van der Waals surface area contributed by atoms with E-state index < -0.39 is 31.6 Å². The second kappa shape index (κ2) is 17.2. The lowest BCUT2D eigenvalue weighted by molar-refractivity contribution is -0.148. The second-order valence-electron chi connectivity index (χ2n) is 15.3. The second-order valence-corrected chi connectivity index (χ2v) is 18.5. The number of nitrogens with one attached hydrogen (secondary N) is 2. The third kappa shape index (κ3) is 8.87. The summed E-state index contributed by atoms with van der Waals surface area (Å²) in [5, 5.41) is 6.71. The predicted octanol–water partition coefficient (Wildman–Crippen LogP) is 7.06. The molecule has 5 atom stereocenters. The molecule has 3 aliphatic heterocycles. The molecule has 0 aliphatic carbocycles. The number of para-hydroxylation sites is 1. The molecule has 3 aliphatic rings. The molecule has 5 aromatic rings. The summed E-state index contributed by atoms with van der Waals surface area (Å²) in [6, 6.07) is 27.2. The summed E-state index contributed by atoms with van der Waals surface area (Å²) in [5.41, 5.74) is 2.63. The number of hydrogen-bond donors (Lipinski definition) is 2. The van der Waals surface area contributed by atoms with Crippen molar-refractivity contribution in [3.63, 3.8) is 0 Å². The Morgan fingerprint density at radius 3 is 2.45 bits per heavy atom. The first-order valence-corrected chi connectivity index (χ1v) is 22.4. The topological polar surface area (TPSA) is 147 Å². The lowest BCUT2D eigenvalue weighted by atomic mass is 9.92. The van der Waals surface area contributed by atoms with E-state index in [2.05, 4.69) is 15.4 Å². The highest BCUT2D eigenvalue weighted by molar-refractivity contribution is 7.56.